The minimum atomic E-state index is -0.796. The van der Waals surface area contributed by atoms with Crippen molar-refractivity contribution in [3.05, 3.63) is 134 Å². The maximum atomic E-state index is 12.9. The molecule has 1 unspecified atom stereocenters. The number of esters is 3. The molecule has 0 aliphatic carbocycles. The second kappa shape index (κ2) is 69.0. The van der Waals surface area contributed by atoms with Crippen LogP contribution in [0.15, 0.2) is 134 Å². The molecular weight excluding hydrogens is 1010 g/mol. The van der Waals surface area contributed by atoms with Crippen LogP contribution in [0.3, 0.4) is 0 Å². The molecule has 0 aliphatic rings. The fraction of sp³-hybridized carbons (Fsp3) is 0.671. The minimum Gasteiger partial charge on any atom is -0.462 e. The smallest absolute Gasteiger partial charge is 0.306 e. The maximum Gasteiger partial charge on any atom is 0.306 e. The van der Waals surface area contributed by atoms with Gasteiger partial charge >= 0.3 is 17.9 Å². The molecule has 0 aromatic rings. The SMILES string of the molecule is CC/C=C\C/C=C\C/C=C\C/C=C\C/C=C\C/C=C\C/C=C\CCCCCCCC(=O)OCC(COC(=O)CCCCCCC/C=C\CCC)OC(=O)CCCCCCCCCCCCCC/C=C\C/C=C\C/C=C\CCCCCCC. The van der Waals surface area contributed by atoms with Crippen molar-refractivity contribution in [1.82, 2.24) is 0 Å². The Bertz CT molecular complexity index is 1730. The molecule has 0 aromatic carbocycles. The van der Waals surface area contributed by atoms with Gasteiger partial charge in [-0.25, -0.2) is 0 Å². The zero-order valence-corrected chi connectivity index (χ0v) is 53.5. The summed E-state index contributed by atoms with van der Waals surface area (Å²) in [6.45, 7) is 6.44. The van der Waals surface area contributed by atoms with Crippen molar-refractivity contribution >= 4 is 17.9 Å². The highest BCUT2D eigenvalue weighted by atomic mass is 16.6. The minimum absolute atomic E-state index is 0.0921. The Labute approximate surface area is 506 Å². The summed E-state index contributed by atoms with van der Waals surface area (Å²) >= 11 is 0. The number of carbonyl (C=O) groups excluding carboxylic acids is 3. The zero-order chi connectivity index (χ0) is 59.2. The molecule has 0 saturated heterocycles. The first-order valence-electron chi connectivity index (χ1n) is 34.2. The van der Waals surface area contributed by atoms with Gasteiger partial charge in [0.05, 0.1) is 0 Å². The van der Waals surface area contributed by atoms with Gasteiger partial charge in [-0.05, 0) is 135 Å². The van der Waals surface area contributed by atoms with Crippen molar-refractivity contribution in [2.24, 2.45) is 0 Å². The van der Waals surface area contributed by atoms with Gasteiger partial charge in [-0.2, -0.15) is 0 Å². The molecule has 0 heterocycles. The third-order valence-electron chi connectivity index (χ3n) is 14.3. The first kappa shape index (κ1) is 77.5. The molecule has 466 valence electrons. The van der Waals surface area contributed by atoms with Gasteiger partial charge in [0.25, 0.3) is 0 Å². The lowest BCUT2D eigenvalue weighted by Crippen LogP contribution is -2.30. The first-order chi connectivity index (χ1) is 40.5. The molecule has 0 aliphatic heterocycles. The molecule has 82 heavy (non-hydrogen) atoms. The van der Waals surface area contributed by atoms with Crippen LogP contribution < -0.4 is 0 Å². The van der Waals surface area contributed by atoms with E-state index in [9.17, 15) is 14.4 Å². The topological polar surface area (TPSA) is 78.9 Å². The fourth-order valence-electron chi connectivity index (χ4n) is 9.26. The molecule has 0 rings (SSSR count). The molecule has 0 aromatic heterocycles. The van der Waals surface area contributed by atoms with Crippen molar-refractivity contribution < 1.29 is 28.6 Å². The highest BCUT2D eigenvalue weighted by molar-refractivity contribution is 5.71. The van der Waals surface area contributed by atoms with E-state index < -0.39 is 6.10 Å². The molecule has 0 amide bonds. The molecule has 0 radical (unpaired) electrons. The van der Waals surface area contributed by atoms with Crippen molar-refractivity contribution in [3.8, 4) is 0 Å². The number of ether oxygens (including phenoxy) is 3. The lowest BCUT2D eigenvalue weighted by molar-refractivity contribution is -0.167. The average molecular weight is 1140 g/mol. The summed E-state index contributed by atoms with van der Waals surface area (Å²) in [4.78, 5) is 38.3. The van der Waals surface area contributed by atoms with E-state index in [1.54, 1.807) is 0 Å². The summed E-state index contributed by atoms with van der Waals surface area (Å²) in [7, 11) is 0. The quantitative estimate of drug-likeness (QED) is 0.0261. The molecular formula is C76H126O6. The molecule has 1 atom stereocenters. The van der Waals surface area contributed by atoms with E-state index in [0.29, 0.717) is 19.3 Å². The zero-order valence-electron chi connectivity index (χ0n) is 53.5. The Balaban J connectivity index is 4.29. The predicted octanol–water partition coefficient (Wildman–Crippen LogP) is 23.7. The maximum absolute atomic E-state index is 12.9. The highest BCUT2D eigenvalue weighted by Crippen LogP contribution is 2.16. The molecule has 6 nitrogen and oxygen atoms in total. The first-order valence-corrected chi connectivity index (χ1v) is 34.2. The van der Waals surface area contributed by atoms with Crippen LogP contribution in [-0.2, 0) is 28.6 Å². The number of rotatable bonds is 61. The largest absolute Gasteiger partial charge is 0.462 e. The number of allylic oxidation sites excluding steroid dienone is 22. The third kappa shape index (κ3) is 66.4. The van der Waals surface area contributed by atoms with E-state index in [-0.39, 0.29) is 31.1 Å². The van der Waals surface area contributed by atoms with Crippen LogP contribution in [0.2, 0.25) is 0 Å². The van der Waals surface area contributed by atoms with Crippen LogP contribution in [0.5, 0.6) is 0 Å². The third-order valence-corrected chi connectivity index (χ3v) is 14.3. The summed E-state index contributed by atoms with van der Waals surface area (Å²) in [5.41, 5.74) is 0. The Morgan fingerprint density at radius 3 is 0.805 bits per heavy atom. The second-order valence-corrected chi connectivity index (χ2v) is 22.3. The highest BCUT2D eigenvalue weighted by Gasteiger charge is 2.19. The van der Waals surface area contributed by atoms with Gasteiger partial charge in [-0.3, -0.25) is 14.4 Å². The van der Waals surface area contributed by atoms with Crippen molar-refractivity contribution in [2.75, 3.05) is 13.2 Å². The number of hydrogen-bond acceptors (Lipinski definition) is 6. The van der Waals surface area contributed by atoms with Gasteiger partial charge in [0.2, 0.25) is 0 Å². The van der Waals surface area contributed by atoms with Crippen LogP contribution in [0.4, 0.5) is 0 Å². The molecule has 6 heteroatoms. The van der Waals surface area contributed by atoms with Gasteiger partial charge in [0.1, 0.15) is 13.2 Å². The van der Waals surface area contributed by atoms with Crippen molar-refractivity contribution in [1.29, 1.82) is 0 Å². The van der Waals surface area contributed by atoms with Gasteiger partial charge in [-0.15, -0.1) is 0 Å². The number of unbranched alkanes of at least 4 members (excludes halogenated alkanes) is 28. The molecule has 0 bridgehead atoms. The monoisotopic (exact) mass is 1130 g/mol. The molecule has 0 fully saturated rings. The Hall–Kier alpha value is -4.45. The van der Waals surface area contributed by atoms with E-state index >= 15 is 0 Å². The van der Waals surface area contributed by atoms with Crippen molar-refractivity contribution in [2.45, 2.75) is 316 Å². The van der Waals surface area contributed by atoms with Crippen molar-refractivity contribution in [3.63, 3.8) is 0 Å². The predicted molar refractivity (Wildman–Crippen MR) is 357 cm³/mol. The average Bonchev–Trinajstić information content (AvgIpc) is 3.48. The summed E-state index contributed by atoms with van der Waals surface area (Å²) in [5.74, 6) is -0.920. The lowest BCUT2D eigenvalue weighted by atomic mass is 10.0. The Morgan fingerprint density at radius 2 is 0.500 bits per heavy atom. The Morgan fingerprint density at radius 1 is 0.256 bits per heavy atom. The van der Waals surface area contributed by atoms with E-state index in [1.165, 1.54) is 116 Å². The van der Waals surface area contributed by atoms with Crippen LogP contribution >= 0.6 is 0 Å². The number of carbonyl (C=O) groups is 3. The number of hydrogen-bond donors (Lipinski definition) is 0. The van der Waals surface area contributed by atoms with Crippen LogP contribution in [0.25, 0.3) is 0 Å². The van der Waals surface area contributed by atoms with Gasteiger partial charge in [0, 0.05) is 19.3 Å². The van der Waals surface area contributed by atoms with Crippen LogP contribution in [0.1, 0.15) is 310 Å². The molecule has 0 spiro atoms. The molecule has 0 saturated carbocycles. The second-order valence-electron chi connectivity index (χ2n) is 22.3. The normalized spacial score (nSPS) is 13.0. The molecule has 0 N–H and O–H groups in total. The van der Waals surface area contributed by atoms with E-state index in [2.05, 4.69) is 154 Å². The summed E-state index contributed by atoms with van der Waals surface area (Å²) in [6, 6.07) is 0. The van der Waals surface area contributed by atoms with E-state index in [0.717, 1.165) is 154 Å². The lowest BCUT2D eigenvalue weighted by Gasteiger charge is -2.18. The summed E-state index contributed by atoms with van der Waals surface area (Å²) in [5, 5.41) is 0. The van der Waals surface area contributed by atoms with Crippen LogP contribution in [-0.4, -0.2) is 37.2 Å². The standard InChI is InChI=1S/C76H126O6/c1-4-7-10-13-16-19-22-24-26-28-30-32-34-36-38-40-42-44-46-48-50-52-54-57-60-63-66-69-75(78)81-72-73(71-80-74(77)68-65-62-59-56-21-18-15-12-9-6-3)82-76(79)70-67-64-61-58-55-53-51-49-47-45-43-41-39-37-35-33-31-29-27-25-23-20-17-14-11-8-5-2/h7,10,12,15-16,19,23-26,29-32,35-38,42,44,48,50,73H,4-6,8-9,11,13-14,17-18,20-22,27-28,33-34,39-41,43,45-47,49,51-72H2,1-3H3/b10-7-,15-12-,19-16-,25-23-,26-24-,31-29-,32-30-,37-35-,38-36-,44-42-,50-48-. The fourth-order valence-corrected chi connectivity index (χ4v) is 9.26. The summed E-state index contributed by atoms with van der Waals surface area (Å²) < 4.78 is 16.9. The Kier molecular flexibility index (Phi) is 65.3. The van der Waals surface area contributed by atoms with Crippen LogP contribution in [0, 0.1) is 0 Å². The van der Waals surface area contributed by atoms with E-state index in [1.807, 2.05) is 0 Å². The van der Waals surface area contributed by atoms with Gasteiger partial charge < -0.3 is 14.2 Å². The summed E-state index contributed by atoms with van der Waals surface area (Å²) in [6.07, 6.45) is 97.6. The van der Waals surface area contributed by atoms with E-state index in [4.69, 9.17) is 14.2 Å². The van der Waals surface area contributed by atoms with Gasteiger partial charge in [-0.1, -0.05) is 289 Å². The van der Waals surface area contributed by atoms with Gasteiger partial charge in [0.15, 0.2) is 6.10 Å².